The van der Waals surface area contributed by atoms with E-state index in [9.17, 15) is 9.59 Å². The number of hydrogen-bond acceptors (Lipinski definition) is 4. The van der Waals surface area contributed by atoms with Crippen LogP contribution < -0.4 is 0 Å². The third-order valence-corrected chi connectivity index (χ3v) is 5.32. The number of aromatic nitrogens is 2. The third kappa shape index (κ3) is 3.21. The van der Waals surface area contributed by atoms with Gasteiger partial charge in [-0.05, 0) is 25.3 Å². The zero-order chi connectivity index (χ0) is 17.1. The van der Waals surface area contributed by atoms with Gasteiger partial charge in [-0.25, -0.2) is 0 Å². The van der Waals surface area contributed by atoms with E-state index in [1.54, 1.807) is 16.2 Å². The van der Waals surface area contributed by atoms with Gasteiger partial charge in [0.15, 0.2) is 5.69 Å². The van der Waals surface area contributed by atoms with E-state index in [1.807, 2.05) is 36.3 Å². The smallest absolute Gasteiger partial charge is 0.274 e. The molecular formula is C17H22N4O2S. The predicted molar refractivity (Wildman–Crippen MR) is 93.0 cm³/mol. The normalized spacial score (nSPS) is 13.7. The number of fused-ring (bicyclic) bond motifs is 1. The topological polar surface area (TPSA) is 69.3 Å². The molecule has 0 atom stereocenters. The summed E-state index contributed by atoms with van der Waals surface area (Å²) in [6.45, 7) is 6.33. The molecule has 7 heteroatoms. The summed E-state index contributed by atoms with van der Waals surface area (Å²) in [5, 5.41) is 9.19. The second-order valence-electron chi connectivity index (χ2n) is 5.83. The molecule has 2 amide bonds. The van der Waals surface area contributed by atoms with Crippen LogP contribution in [0.15, 0.2) is 17.5 Å². The molecule has 3 heterocycles. The van der Waals surface area contributed by atoms with Gasteiger partial charge in [0, 0.05) is 48.7 Å². The molecule has 24 heavy (non-hydrogen) atoms. The minimum absolute atomic E-state index is 0.0648. The summed E-state index contributed by atoms with van der Waals surface area (Å²) in [5.74, 6) is 0.0376. The summed E-state index contributed by atoms with van der Waals surface area (Å²) in [4.78, 5) is 29.8. The van der Waals surface area contributed by atoms with Gasteiger partial charge in [-0.15, -0.1) is 11.3 Å². The number of nitrogens with zero attached hydrogens (tertiary/aromatic N) is 3. The fraction of sp³-hybridized carbons (Fsp3) is 0.471. The summed E-state index contributed by atoms with van der Waals surface area (Å²) < 4.78 is 0. The third-order valence-electron chi connectivity index (χ3n) is 4.44. The van der Waals surface area contributed by atoms with Crippen LogP contribution in [0.25, 0.3) is 0 Å². The van der Waals surface area contributed by atoms with E-state index in [0.717, 1.165) is 16.1 Å². The number of carbonyl (C=O) groups is 2. The maximum absolute atomic E-state index is 12.6. The zero-order valence-electron chi connectivity index (χ0n) is 14.0. The van der Waals surface area contributed by atoms with Gasteiger partial charge in [0.2, 0.25) is 5.91 Å². The minimum atomic E-state index is -0.0648. The Labute approximate surface area is 145 Å². The quantitative estimate of drug-likeness (QED) is 0.901. The summed E-state index contributed by atoms with van der Waals surface area (Å²) >= 11 is 1.59. The molecule has 0 saturated carbocycles. The monoisotopic (exact) mass is 346 g/mol. The molecule has 0 saturated heterocycles. The Hall–Kier alpha value is -2.15. The lowest BCUT2D eigenvalue weighted by atomic mass is 10.0. The van der Waals surface area contributed by atoms with Crippen molar-refractivity contribution in [1.29, 1.82) is 0 Å². The molecule has 6 nitrogen and oxygen atoms in total. The SMILES string of the molecule is CCN(CC)C(=O)c1n[nH]c2c1CN(C(=O)Cc1cccs1)CC2. The number of carbonyl (C=O) groups excluding carboxylic acids is 2. The van der Waals surface area contributed by atoms with Crippen LogP contribution in [0, 0.1) is 0 Å². The Bertz CT molecular complexity index is 719. The van der Waals surface area contributed by atoms with E-state index in [-0.39, 0.29) is 11.8 Å². The number of rotatable bonds is 5. The van der Waals surface area contributed by atoms with Crippen molar-refractivity contribution >= 4 is 23.2 Å². The molecule has 0 aromatic carbocycles. The number of aromatic amines is 1. The molecule has 0 fully saturated rings. The molecular weight excluding hydrogens is 324 g/mol. The van der Waals surface area contributed by atoms with Gasteiger partial charge >= 0.3 is 0 Å². The Morgan fingerprint density at radius 1 is 1.38 bits per heavy atom. The Kier molecular flexibility index (Phi) is 4.99. The first kappa shape index (κ1) is 16.7. The van der Waals surface area contributed by atoms with Gasteiger partial charge < -0.3 is 9.80 Å². The van der Waals surface area contributed by atoms with Crippen molar-refractivity contribution in [3.8, 4) is 0 Å². The first-order valence-electron chi connectivity index (χ1n) is 8.29. The molecule has 1 aliphatic heterocycles. The molecule has 0 radical (unpaired) electrons. The van der Waals surface area contributed by atoms with Gasteiger partial charge in [-0.2, -0.15) is 5.10 Å². The molecule has 0 bridgehead atoms. The maximum atomic E-state index is 12.6. The van der Waals surface area contributed by atoms with Crippen LogP contribution in [-0.4, -0.2) is 51.4 Å². The van der Waals surface area contributed by atoms with E-state index in [4.69, 9.17) is 0 Å². The van der Waals surface area contributed by atoms with Crippen LogP contribution in [-0.2, 0) is 24.2 Å². The lowest BCUT2D eigenvalue weighted by Crippen LogP contribution is -2.38. The number of nitrogens with one attached hydrogen (secondary N) is 1. The van der Waals surface area contributed by atoms with Crippen LogP contribution in [0.1, 0.15) is 40.5 Å². The van der Waals surface area contributed by atoms with Crippen molar-refractivity contribution in [2.45, 2.75) is 33.2 Å². The average Bonchev–Trinajstić information content (AvgIpc) is 3.24. The Morgan fingerprint density at radius 2 is 2.17 bits per heavy atom. The predicted octanol–water partition coefficient (Wildman–Crippen LogP) is 2.08. The van der Waals surface area contributed by atoms with Crippen LogP contribution in [0.4, 0.5) is 0 Å². The lowest BCUT2D eigenvalue weighted by molar-refractivity contribution is -0.131. The van der Waals surface area contributed by atoms with Crippen LogP contribution in [0.2, 0.25) is 0 Å². The van der Waals surface area contributed by atoms with Crippen LogP contribution in [0.5, 0.6) is 0 Å². The van der Waals surface area contributed by atoms with Crippen LogP contribution >= 0.6 is 11.3 Å². The number of H-pyrrole nitrogens is 1. The zero-order valence-corrected chi connectivity index (χ0v) is 14.9. The Morgan fingerprint density at radius 3 is 2.83 bits per heavy atom. The summed E-state index contributed by atoms with van der Waals surface area (Å²) in [7, 11) is 0. The largest absolute Gasteiger partial charge is 0.338 e. The highest BCUT2D eigenvalue weighted by molar-refractivity contribution is 7.10. The Balaban J connectivity index is 1.76. The number of amides is 2. The molecule has 1 N–H and O–H groups in total. The molecule has 2 aromatic rings. The molecule has 0 aliphatic carbocycles. The van der Waals surface area contributed by atoms with Crippen molar-refractivity contribution < 1.29 is 9.59 Å². The van der Waals surface area contributed by atoms with E-state index in [1.165, 1.54) is 0 Å². The number of thiophene rings is 1. The van der Waals surface area contributed by atoms with E-state index < -0.39 is 0 Å². The van der Waals surface area contributed by atoms with Crippen molar-refractivity contribution in [3.63, 3.8) is 0 Å². The molecule has 0 unspecified atom stereocenters. The van der Waals surface area contributed by atoms with Gasteiger partial charge in [-0.1, -0.05) is 6.07 Å². The molecule has 2 aromatic heterocycles. The first-order chi connectivity index (χ1) is 11.6. The average molecular weight is 346 g/mol. The second kappa shape index (κ2) is 7.17. The first-order valence-corrected chi connectivity index (χ1v) is 9.17. The number of hydrogen-bond donors (Lipinski definition) is 1. The molecule has 128 valence electrons. The van der Waals surface area contributed by atoms with Crippen molar-refractivity contribution in [1.82, 2.24) is 20.0 Å². The fourth-order valence-electron chi connectivity index (χ4n) is 3.02. The van der Waals surface area contributed by atoms with E-state index >= 15 is 0 Å². The van der Waals surface area contributed by atoms with Crippen LogP contribution in [0.3, 0.4) is 0 Å². The van der Waals surface area contributed by atoms with E-state index in [0.29, 0.717) is 44.7 Å². The summed E-state index contributed by atoms with van der Waals surface area (Å²) in [6, 6.07) is 3.93. The van der Waals surface area contributed by atoms with E-state index in [2.05, 4.69) is 10.2 Å². The van der Waals surface area contributed by atoms with Crippen molar-refractivity contribution in [2.75, 3.05) is 19.6 Å². The summed E-state index contributed by atoms with van der Waals surface area (Å²) in [5.41, 5.74) is 2.31. The maximum Gasteiger partial charge on any atom is 0.274 e. The molecule has 1 aliphatic rings. The highest BCUT2D eigenvalue weighted by Crippen LogP contribution is 2.22. The standard InChI is InChI=1S/C17H22N4O2S/c1-3-20(4-2)17(23)16-13-11-21(8-7-14(13)18-19-16)15(22)10-12-6-5-9-24-12/h5-6,9H,3-4,7-8,10-11H2,1-2H3,(H,18,19). The van der Waals surface area contributed by atoms with Gasteiger partial charge in [-0.3, -0.25) is 14.7 Å². The molecule has 3 rings (SSSR count). The second-order valence-corrected chi connectivity index (χ2v) is 6.86. The van der Waals surface area contributed by atoms with Gasteiger partial charge in [0.05, 0.1) is 6.42 Å². The highest BCUT2D eigenvalue weighted by atomic mass is 32.1. The minimum Gasteiger partial charge on any atom is -0.338 e. The van der Waals surface area contributed by atoms with Crippen molar-refractivity contribution in [3.05, 3.63) is 39.3 Å². The highest BCUT2D eigenvalue weighted by Gasteiger charge is 2.29. The lowest BCUT2D eigenvalue weighted by Gasteiger charge is -2.27. The molecule has 0 spiro atoms. The van der Waals surface area contributed by atoms with Gasteiger partial charge in [0.25, 0.3) is 5.91 Å². The van der Waals surface area contributed by atoms with Gasteiger partial charge in [0.1, 0.15) is 0 Å². The summed E-state index contributed by atoms with van der Waals surface area (Å²) in [6.07, 6.45) is 1.13. The van der Waals surface area contributed by atoms with Crippen molar-refractivity contribution in [2.24, 2.45) is 0 Å². The fourth-order valence-corrected chi connectivity index (χ4v) is 3.72.